The molecule has 0 saturated heterocycles. The molecule has 0 aliphatic carbocycles. The van der Waals surface area contributed by atoms with Gasteiger partial charge in [-0.15, -0.1) is 0 Å². The van der Waals surface area contributed by atoms with Crippen molar-refractivity contribution in [2.75, 3.05) is 5.32 Å². The number of rotatable bonds is 7. The molecule has 0 saturated carbocycles. The lowest BCUT2D eigenvalue weighted by Gasteiger charge is -2.19. The van der Waals surface area contributed by atoms with E-state index in [-0.39, 0.29) is 22.0 Å². The molecule has 2 rings (SSSR count). The number of aryl methyl sites for hydroxylation is 1. The molecule has 0 amide bonds. The van der Waals surface area contributed by atoms with Gasteiger partial charge >= 0.3 is 11.9 Å². The third kappa shape index (κ3) is 4.49. The zero-order valence-electron chi connectivity index (χ0n) is 13.7. The highest BCUT2D eigenvalue weighted by Crippen LogP contribution is 2.35. The Balaban J connectivity index is 2.55. The van der Waals surface area contributed by atoms with Crippen LogP contribution in [0.4, 0.5) is 20.2 Å². The second-order valence-corrected chi connectivity index (χ2v) is 6.04. The van der Waals surface area contributed by atoms with Gasteiger partial charge in [0.2, 0.25) is 0 Å². The molecule has 3 N–H and O–H groups in total. The number of hydrogen-bond acceptors (Lipinski definition) is 3. The predicted octanol–water partition coefficient (Wildman–Crippen LogP) is 4.57. The number of hydrogen-bond donors (Lipinski definition) is 3. The Labute approximate surface area is 153 Å². The summed E-state index contributed by atoms with van der Waals surface area (Å²) in [4.78, 5) is 22.6. The fraction of sp³-hybridized carbons (Fsp3) is 0.222. The van der Waals surface area contributed by atoms with Gasteiger partial charge in [-0.25, -0.2) is 8.78 Å². The molecule has 2 aromatic carbocycles. The molecule has 1 atom stereocenters. The van der Waals surface area contributed by atoms with Crippen molar-refractivity contribution >= 4 is 34.9 Å². The second kappa shape index (κ2) is 8.14. The van der Waals surface area contributed by atoms with Gasteiger partial charge in [-0.3, -0.25) is 9.59 Å². The summed E-state index contributed by atoms with van der Waals surface area (Å²) in [7, 11) is 0. The Morgan fingerprint density at radius 3 is 2.42 bits per heavy atom. The summed E-state index contributed by atoms with van der Waals surface area (Å²) in [5.41, 5.74) is 0.924. The Hall–Kier alpha value is -2.67. The number of aliphatic carboxylic acids is 2. The summed E-state index contributed by atoms with van der Waals surface area (Å²) in [5, 5.41) is 20.9. The van der Waals surface area contributed by atoms with E-state index >= 15 is 0 Å². The Morgan fingerprint density at radius 1 is 1.19 bits per heavy atom. The van der Waals surface area contributed by atoms with Crippen LogP contribution < -0.4 is 5.32 Å². The minimum Gasteiger partial charge on any atom is -0.481 e. The van der Waals surface area contributed by atoms with Crippen LogP contribution in [0.15, 0.2) is 30.3 Å². The van der Waals surface area contributed by atoms with Crippen molar-refractivity contribution in [3.05, 3.63) is 58.1 Å². The summed E-state index contributed by atoms with van der Waals surface area (Å²) in [6.45, 7) is 1.86. The number of carbonyl (C=O) groups is 2. The zero-order chi connectivity index (χ0) is 19.4. The average Bonchev–Trinajstić information content (AvgIpc) is 2.55. The normalized spacial score (nSPS) is 11.8. The van der Waals surface area contributed by atoms with Crippen LogP contribution in [0.3, 0.4) is 0 Å². The van der Waals surface area contributed by atoms with E-state index in [9.17, 15) is 23.5 Å². The molecule has 0 aliphatic heterocycles. The average molecular weight is 384 g/mol. The molecule has 0 radical (unpaired) electrons. The van der Waals surface area contributed by atoms with Crippen LogP contribution in [0.2, 0.25) is 5.02 Å². The monoisotopic (exact) mass is 383 g/mol. The molecule has 1 unspecified atom stereocenters. The maximum absolute atomic E-state index is 14.0. The number of anilines is 2. The van der Waals surface area contributed by atoms with E-state index in [4.69, 9.17) is 16.7 Å². The van der Waals surface area contributed by atoms with Crippen LogP contribution in [0, 0.1) is 11.6 Å². The number of halogens is 3. The first-order valence-electron chi connectivity index (χ1n) is 7.71. The van der Waals surface area contributed by atoms with E-state index in [1.165, 1.54) is 6.07 Å². The molecule has 0 bridgehead atoms. The maximum Gasteiger partial charge on any atom is 0.311 e. The van der Waals surface area contributed by atoms with E-state index in [1.54, 1.807) is 12.1 Å². The Kier molecular flexibility index (Phi) is 6.15. The smallest absolute Gasteiger partial charge is 0.311 e. The number of nitrogens with one attached hydrogen (secondary N) is 1. The standard InChI is InChI=1S/C18H16ClF2NO4/c1-2-9-3-4-15(11(5-9)12(18(25)26)8-16(23)24)22-17-13(19)6-10(20)7-14(17)21/h3-7,12,22H,2,8H2,1H3,(H,23,24)(H,25,26). The summed E-state index contributed by atoms with van der Waals surface area (Å²) < 4.78 is 27.3. The van der Waals surface area contributed by atoms with Crippen LogP contribution in [-0.2, 0) is 16.0 Å². The molecule has 0 spiro atoms. The minimum absolute atomic E-state index is 0.180. The molecule has 0 aliphatic rings. The molecular formula is C18H16ClF2NO4. The fourth-order valence-electron chi connectivity index (χ4n) is 2.54. The molecule has 5 nitrogen and oxygen atoms in total. The van der Waals surface area contributed by atoms with Crippen molar-refractivity contribution in [2.24, 2.45) is 0 Å². The van der Waals surface area contributed by atoms with Crippen LogP contribution in [0.1, 0.15) is 30.4 Å². The van der Waals surface area contributed by atoms with Gasteiger partial charge in [0.1, 0.15) is 5.82 Å². The summed E-state index contributed by atoms with van der Waals surface area (Å²) in [5.74, 6) is -5.76. The third-order valence-corrected chi connectivity index (χ3v) is 4.14. The van der Waals surface area contributed by atoms with E-state index in [1.807, 2.05) is 6.92 Å². The number of benzene rings is 2. The molecule has 8 heteroatoms. The van der Waals surface area contributed by atoms with Crippen molar-refractivity contribution in [2.45, 2.75) is 25.7 Å². The Bertz CT molecular complexity index is 834. The van der Waals surface area contributed by atoms with Crippen LogP contribution in [0.25, 0.3) is 0 Å². The molecule has 0 fully saturated rings. The maximum atomic E-state index is 14.0. The van der Waals surface area contributed by atoms with Crippen molar-refractivity contribution in [3.8, 4) is 0 Å². The van der Waals surface area contributed by atoms with Gasteiger partial charge in [0.05, 0.1) is 23.0 Å². The SMILES string of the molecule is CCc1ccc(Nc2c(F)cc(F)cc2Cl)c(C(CC(=O)O)C(=O)O)c1. The van der Waals surface area contributed by atoms with Crippen molar-refractivity contribution in [1.82, 2.24) is 0 Å². The van der Waals surface area contributed by atoms with E-state index in [0.717, 1.165) is 11.6 Å². The highest BCUT2D eigenvalue weighted by atomic mass is 35.5. The van der Waals surface area contributed by atoms with Gasteiger partial charge in [-0.05, 0) is 29.7 Å². The summed E-state index contributed by atoms with van der Waals surface area (Å²) in [6.07, 6.45) is -0.0465. The summed E-state index contributed by atoms with van der Waals surface area (Å²) >= 11 is 5.87. The van der Waals surface area contributed by atoms with Gasteiger partial charge in [0.15, 0.2) is 5.82 Å². The lowest BCUT2D eigenvalue weighted by atomic mass is 9.92. The number of carboxylic acid groups (broad SMARTS) is 2. The first kappa shape index (κ1) is 19.7. The van der Waals surface area contributed by atoms with Crippen molar-refractivity contribution < 1.29 is 28.6 Å². The van der Waals surface area contributed by atoms with E-state index in [0.29, 0.717) is 12.5 Å². The fourth-order valence-corrected chi connectivity index (χ4v) is 2.78. The first-order chi connectivity index (χ1) is 12.2. The largest absolute Gasteiger partial charge is 0.481 e. The van der Waals surface area contributed by atoms with Crippen LogP contribution >= 0.6 is 11.6 Å². The highest BCUT2D eigenvalue weighted by Gasteiger charge is 2.26. The van der Waals surface area contributed by atoms with Gasteiger partial charge < -0.3 is 15.5 Å². The molecular weight excluding hydrogens is 368 g/mol. The summed E-state index contributed by atoms with van der Waals surface area (Å²) in [6, 6.07) is 6.32. The topological polar surface area (TPSA) is 86.6 Å². The number of carboxylic acids is 2. The van der Waals surface area contributed by atoms with Gasteiger partial charge in [0.25, 0.3) is 0 Å². The molecule has 0 aromatic heterocycles. The first-order valence-corrected chi connectivity index (χ1v) is 8.09. The third-order valence-electron chi connectivity index (χ3n) is 3.84. The lowest BCUT2D eigenvalue weighted by molar-refractivity contribution is -0.145. The van der Waals surface area contributed by atoms with E-state index < -0.39 is 35.9 Å². The highest BCUT2D eigenvalue weighted by molar-refractivity contribution is 6.33. The van der Waals surface area contributed by atoms with Gasteiger partial charge in [-0.1, -0.05) is 30.7 Å². The van der Waals surface area contributed by atoms with Crippen molar-refractivity contribution in [1.29, 1.82) is 0 Å². The van der Waals surface area contributed by atoms with E-state index in [2.05, 4.69) is 5.32 Å². The molecule has 2 aromatic rings. The lowest BCUT2D eigenvalue weighted by Crippen LogP contribution is -2.17. The van der Waals surface area contributed by atoms with Crippen LogP contribution in [0.5, 0.6) is 0 Å². The van der Waals surface area contributed by atoms with Crippen LogP contribution in [-0.4, -0.2) is 22.2 Å². The second-order valence-electron chi connectivity index (χ2n) is 5.63. The zero-order valence-corrected chi connectivity index (χ0v) is 14.5. The molecule has 0 heterocycles. The quantitative estimate of drug-likeness (QED) is 0.652. The molecule has 138 valence electrons. The molecule has 26 heavy (non-hydrogen) atoms. The van der Waals surface area contributed by atoms with Gasteiger partial charge in [-0.2, -0.15) is 0 Å². The predicted molar refractivity (Wildman–Crippen MR) is 93.1 cm³/mol. The van der Waals surface area contributed by atoms with Gasteiger partial charge in [0, 0.05) is 11.8 Å². The minimum atomic E-state index is -1.34. The van der Waals surface area contributed by atoms with Crippen molar-refractivity contribution in [3.63, 3.8) is 0 Å². The Morgan fingerprint density at radius 2 is 1.88 bits per heavy atom.